The fourth-order valence-electron chi connectivity index (χ4n) is 4.03. The van der Waals surface area contributed by atoms with Crippen LogP contribution in [0, 0.1) is 5.92 Å². The van der Waals surface area contributed by atoms with Crippen molar-refractivity contribution in [1.82, 2.24) is 10.6 Å². The summed E-state index contributed by atoms with van der Waals surface area (Å²) >= 11 is 0. The van der Waals surface area contributed by atoms with Gasteiger partial charge in [-0.2, -0.15) is 0 Å². The number of ether oxygens (including phenoxy) is 1. The monoisotopic (exact) mass is 252 g/mol. The van der Waals surface area contributed by atoms with Crippen LogP contribution in [0.15, 0.2) is 0 Å². The van der Waals surface area contributed by atoms with Crippen molar-refractivity contribution in [2.24, 2.45) is 5.92 Å². The smallest absolute Gasteiger partial charge is 0.0645 e. The molecule has 104 valence electrons. The van der Waals surface area contributed by atoms with Crippen molar-refractivity contribution in [1.29, 1.82) is 0 Å². The van der Waals surface area contributed by atoms with Crippen molar-refractivity contribution in [3.8, 4) is 0 Å². The summed E-state index contributed by atoms with van der Waals surface area (Å²) < 4.78 is 5.61. The van der Waals surface area contributed by atoms with E-state index in [0.29, 0.717) is 6.04 Å². The van der Waals surface area contributed by atoms with Gasteiger partial charge in [0, 0.05) is 30.8 Å². The van der Waals surface area contributed by atoms with Gasteiger partial charge in [0.2, 0.25) is 0 Å². The van der Waals surface area contributed by atoms with E-state index in [2.05, 4.69) is 17.6 Å². The number of fused-ring (bicyclic) bond motifs is 1. The lowest BCUT2D eigenvalue weighted by atomic mass is 9.85. The molecule has 0 aromatic rings. The second kappa shape index (κ2) is 5.48. The van der Waals surface area contributed by atoms with Crippen LogP contribution in [0.3, 0.4) is 0 Å². The first kappa shape index (κ1) is 12.9. The molecule has 1 aliphatic carbocycles. The lowest BCUT2D eigenvalue weighted by Gasteiger charge is -2.35. The van der Waals surface area contributed by atoms with Gasteiger partial charge in [0.1, 0.15) is 0 Å². The molecular weight excluding hydrogens is 224 g/mol. The van der Waals surface area contributed by atoms with Gasteiger partial charge in [-0.3, -0.25) is 0 Å². The largest absolute Gasteiger partial charge is 0.380 e. The van der Waals surface area contributed by atoms with E-state index in [1.807, 2.05) is 0 Å². The third-order valence-electron chi connectivity index (χ3n) is 5.16. The predicted molar refractivity (Wildman–Crippen MR) is 73.7 cm³/mol. The highest BCUT2D eigenvalue weighted by Crippen LogP contribution is 2.33. The quantitative estimate of drug-likeness (QED) is 0.807. The summed E-state index contributed by atoms with van der Waals surface area (Å²) in [5.41, 5.74) is 0.216. The Morgan fingerprint density at radius 1 is 1.28 bits per heavy atom. The summed E-state index contributed by atoms with van der Waals surface area (Å²) in [4.78, 5) is 0. The Hall–Kier alpha value is -0.120. The van der Waals surface area contributed by atoms with E-state index in [1.165, 1.54) is 44.9 Å². The Morgan fingerprint density at radius 2 is 2.17 bits per heavy atom. The number of rotatable bonds is 3. The molecule has 0 aromatic heterocycles. The predicted octanol–water partition coefficient (Wildman–Crippen LogP) is 2.07. The van der Waals surface area contributed by atoms with E-state index in [9.17, 15) is 0 Å². The molecule has 0 radical (unpaired) electrons. The Kier molecular flexibility index (Phi) is 3.92. The molecule has 0 spiro atoms. The highest BCUT2D eigenvalue weighted by atomic mass is 16.5. The van der Waals surface area contributed by atoms with Gasteiger partial charge in [0.25, 0.3) is 0 Å². The van der Waals surface area contributed by atoms with Crippen LogP contribution in [0.1, 0.15) is 51.9 Å². The Balaban J connectivity index is 1.46. The molecule has 3 aliphatic rings. The molecule has 18 heavy (non-hydrogen) atoms. The Labute approximate surface area is 111 Å². The van der Waals surface area contributed by atoms with Crippen molar-refractivity contribution < 1.29 is 4.74 Å². The van der Waals surface area contributed by atoms with E-state index in [-0.39, 0.29) is 5.54 Å². The minimum Gasteiger partial charge on any atom is -0.380 e. The minimum absolute atomic E-state index is 0.216. The van der Waals surface area contributed by atoms with Crippen LogP contribution in [-0.2, 0) is 4.74 Å². The van der Waals surface area contributed by atoms with Crippen molar-refractivity contribution in [2.75, 3.05) is 19.8 Å². The van der Waals surface area contributed by atoms with Crippen LogP contribution in [0.25, 0.3) is 0 Å². The standard InChI is InChI=1S/C15H28N2O/c1-15(7-4-8-18-11-15)16-10-13-9-12-5-2-3-6-14(12)17-13/h12-14,16-17H,2-11H2,1H3. The maximum absolute atomic E-state index is 5.61. The first-order valence-electron chi connectivity index (χ1n) is 7.84. The van der Waals surface area contributed by atoms with Gasteiger partial charge in [0.05, 0.1) is 6.61 Å². The molecule has 0 aromatic carbocycles. The average molecular weight is 252 g/mol. The number of hydrogen-bond acceptors (Lipinski definition) is 3. The fourth-order valence-corrected chi connectivity index (χ4v) is 4.03. The molecule has 0 bridgehead atoms. The molecule has 3 heteroatoms. The summed E-state index contributed by atoms with van der Waals surface area (Å²) in [6, 6.07) is 1.51. The average Bonchev–Trinajstić information content (AvgIpc) is 2.80. The van der Waals surface area contributed by atoms with Crippen LogP contribution < -0.4 is 10.6 Å². The lowest BCUT2D eigenvalue weighted by molar-refractivity contribution is 0.0278. The van der Waals surface area contributed by atoms with E-state index >= 15 is 0 Å². The normalized spacial score (nSPS) is 44.8. The molecule has 0 amide bonds. The zero-order valence-electron chi connectivity index (χ0n) is 11.7. The number of hydrogen-bond donors (Lipinski definition) is 2. The van der Waals surface area contributed by atoms with Crippen LogP contribution in [0.4, 0.5) is 0 Å². The summed E-state index contributed by atoms with van der Waals surface area (Å²) in [6.45, 7) is 5.26. The molecule has 3 nitrogen and oxygen atoms in total. The van der Waals surface area contributed by atoms with Gasteiger partial charge in [-0.1, -0.05) is 12.8 Å². The van der Waals surface area contributed by atoms with Gasteiger partial charge in [0.15, 0.2) is 0 Å². The summed E-state index contributed by atoms with van der Waals surface area (Å²) in [5, 5.41) is 7.61. The lowest BCUT2D eigenvalue weighted by Crippen LogP contribution is -2.52. The maximum Gasteiger partial charge on any atom is 0.0645 e. The third kappa shape index (κ3) is 2.89. The number of nitrogens with one attached hydrogen (secondary N) is 2. The van der Waals surface area contributed by atoms with Gasteiger partial charge in [-0.05, 0) is 44.9 Å². The van der Waals surface area contributed by atoms with Crippen molar-refractivity contribution >= 4 is 0 Å². The van der Waals surface area contributed by atoms with Crippen LogP contribution in [-0.4, -0.2) is 37.4 Å². The van der Waals surface area contributed by atoms with E-state index in [1.54, 1.807) is 0 Å². The highest BCUT2D eigenvalue weighted by Gasteiger charge is 2.36. The van der Waals surface area contributed by atoms with Gasteiger partial charge in [-0.25, -0.2) is 0 Å². The molecule has 2 N–H and O–H groups in total. The van der Waals surface area contributed by atoms with Crippen molar-refractivity contribution in [3.63, 3.8) is 0 Å². The zero-order chi connectivity index (χ0) is 12.4. The Morgan fingerprint density at radius 3 is 2.94 bits per heavy atom. The SMILES string of the molecule is CC1(NCC2CC3CCCCC3N2)CCCOC1. The zero-order valence-corrected chi connectivity index (χ0v) is 11.7. The molecule has 3 fully saturated rings. The molecule has 2 heterocycles. The molecule has 1 saturated carbocycles. The van der Waals surface area contributed by atoms with Crippen LogP contribution >= 0.6 is 0 Å². The fraction of sp³-hybridized carbons (Fsp3) is 1.00. The van der Waals surface area contributed by atoms with Crippen molar-refractivity contribution in [2.45, 2.75) is 69.5 Å². The highest BCUT2D eigenvalue weighted by molar-refractivity contribution is 4.95. The molecule has 4 unspecified atom stereocenters. The van der Waals surface area contributed by atoms with Crippen LogP contribution in [0.2, 0.25) is 0 Å². The molecule has 2 aliphatic heterocycles. The topological polar surface area (TPSA) is 33.3 Å². The summed E-state index contributed by atoms with van der Waals surface area (Å²) in [7, 11) is 0. The molecular formula is C15H28N2O. The summed E-state index contributed by atoms with van der Waals surface area (Å²) in [5.74, 6) is 0.959. The van der Waals surface area contributed by atoms with E-state index in [0.717, 1.165) is 31.7 Å². The second-order valence-electron chi connectivity index (χ2n) is 6.85. The first-order chi connectivity index (χ1) is 8.75. The third-order valence-corrected chi connectivity index (χ3v) is 5.16. The molecule has 3 rings (SSSR count). The van der Waals surface area contributed by atoms with Crippen LogP contribution in [0.5, 0.6) is 0 Å². The summed E-state index contributed by atoms with van der Waals surface area (Å²) in [6.07, 6.45) is 9.58. The van der Waals surface area contributed by atoms with E-state index in [4.69, 9.17) is 4.74 Å². The van der Waals surface area contributed by atoms with Gasteiger partial charge < -0.3 is 15.4 Å². The van der Waals surface area contributed by atoms with E-state index < -0.39 is 0 Å². The van der Waals surface area contributed by atoms with Gasteiger partial charge >= 0.3 is 0 Å². The molecule has 4 atom stereocenters. The van der Waals surface area contributed by atoms with Crippen molar-refractivity contribution in [3.05, 3.63) is 0 Å². The second-order valence-corrected chi connectivity index (χ2v) is 6.85. The minimum atomic E-state index is 0.216. The Bertz CT molecular complexity index is 262. The first-order valence-corrected chi connectivity index (χ1v) is 7.84. The maximum atomic E-state index is 5.61. The van der Waals surface area contributed by atoms with Gasteiger partial charge in [-0.15, -0.1) is 0 Å². The molecule has 2 saturated heterocycles.